The summed E-state index contributed by atoms with van der Waals surface area (Å²) in [5, 5.41) is 0.518. The molecular formula is C18H20ClNO2. The van der Waals surface area contributed by atoms with E-state index in [9.17, 15) is 4.79 Å². The second kappa shape index (κ2) is 7.85. The number of likely N-dealkylation sites (N-methyl/N-ethyl adjacent to an activating group) is 1. The maximum absolute atomic E-state index is 12.3. The van der Waals surface area contributed by atoms with E-state index in [1.807, 2.05) is 56.3 Å². The largest absolute Gasteiger partial charge is 0.482 e. The lowest BCUT2D eigenvalue weighted by molar-refractivity contribution is -0.133. The average molecular weight is 318 g/mol. The van der Waals surface area contributed by atoms with E-state index in [4.69, 9.17) is 16.3 Å². The lowest BCUT2D eigenvalue weighted by Crippen LogP contribution is -2.34. The number of carbonyl (C=O) groups excluding carboxylic acids is 1. The first-order valence-corrected chi connectivity index (χ1v) is 7.68. The fraction of sp³-hybridized carbons (Fsp3) is 0.278. The molecule has 2 rings (SSSR count). The van der Waals surface area contributed by atoms with Gasteiger partial charge in [0.05, 0.1) is 5.02 Å². The van der Waals surface area contributed by atoms with E-state index in [1.54, 1.807) is 11.0 Å². The average Bonchev–Trinajstić information content (AvgIpc) is 2.54. The van der Waals surface area contributed by atoms with E-state index in [1.165, 1.54) is 0 Å². The quantitative estimate of drug-likeness (QED) is 0.803. The zero-order valence-electron chi connectivity index (χ0n) is 12.9. The molecule has 2 aromatic rings. The molecule has 1 amide bonds. The number of carbonyl (C=O) groups is 1. The van der Waals surface area contributed by atoms with E-state index in [2.05, 4.69) is 0 Å². The number of rotatable bonds is 6. The van der Waals surface area contributed by atoms with Gasteiger partial charge < -0.3 is 9.64 Å². The zero-order chi connectivity index (χ0) is 15.9. The van der Waals surface area contributed by atoms with Gasteiger partial charge in [-0.05, 0) is 37.1 Å². The predicted molar refractivity (Wildman–Crippen MR) is 89.2 cm³/mol. The highest BCUT2D eigenvalue weighted by Crippen LogP contribution is 2.25. The van der Waals surface area contributed by atoms with Crippen LogP contribution >= 0.6 is 11.6 Å². The van der Waals surface area contributed by atoms with E-state index >= 15 is 0 Å². The smallest absolute Gasteiger partial charge is 0.260 e. The summed E-state index contributed by atoms with van der Waals surface area (Å²) < 4.78 is 5.58. The Morgan fingerprint density at radius 2 is 1.91 bits per heavy atom. The molecule has 2 aromatic carbocycles. The minimum atomic E-state index is -0.0519. The van der Waals surface area contributed by atoms with E-state index in [0.717, 1.165) is 11.1 Å². The summed E-state index contributed by atoms with van der Waals surface area (Å²) in [5.74, 6) is 0.495. The Labute approximate surface area is 136 Å². The minimum Gasteiger partial charge on any atom is -0.482 e. The highest BCUT2D eigenvalue weighted by molar-refractivity contribution is 6.32. The number of amides is 1. The van der Waals surface area contributed by atoms with E-state index in [-0.39, 0.29) is 12.5 Å². The fourth-order valence-corrected chi connectivity index (χ4v) is 2.30. The van der Waals surface area contributed by atoms with Gasteiger partial charge in [0.2, 0.25) is 0 Å². The first-order chi connectivity index (χ1) is 10.6. The van der Waals surface area contributed by atoms with Gasteiger partial charge >= 0.3 is 0 Å². The van der Waals surface area contributed by atoms with Crippen molar-refractivity contribution in [2.24, 2.45) is 0 Å². The maximum Gasteiger partial charge on any atom is 0.260 e. The van der Waals surface area contributed by atoms with Crippen LogP contribution in [0.2, 0.25) is 5.02 Å². The number of aryl methyl sites for hydroxylation is 1. The second-order valence-electron chi connectivity index (χ2n) is 5.12. The number of halogens is 1. The number of hydrogen-bond donors (Lipinski definition) is 0. The molecule has 0 heterocycles. The Morgan fingerprint density at radius 1 is 1.18 bits per heavy atom. The monoisotopic (exact) mass is 317 g/mol. The lowest BCUT2D eigenvalue weighted by atomic mass is 10.2. The van der Waals surface area contributed by atoms with Crippen molar-refractivity contribution in [3.63, 3.8) is 0 Å². The Hall–Kier alpha value is -2.00. The Balaban J connectivity index is 1.96. The van der Waals surface area contributed by atoms with Crippen molar-refractivity contribution >= 4 is 17.5 Å². The first kappa shape index (κ1) is 16.4. The summed E-state index contributed by atoms with van der Waals surface area (Å²) in [6, 6.07) is 15.4. The molecule has 0 saturated carbocycles. The molecule has 116 valence electrons. The van der Waals surface area contributed by atoms with Crippen LogP contribution in [0.4, 0.5) is 0 Å². The molecule has 0 fully saturated rings. The summed E-state index contributed by atoms with van der Waals surface area (Å²) in [7, 11) is 0. The molecule has 0 saturated heterocycles. The van der Waals surface area contributed by atoms with Crippen molar-refractivity contribution in [3.8, 4) is 5.75 Å². The lowest BCUT2D eigenvalue weighted by Gasteiger charge is -2.21. The third-order valence-electron chi connectivity index (χ3n) is 3.39. The van der Waals surface area contributed by atoms with Gasteiger partial charge in [0.25, 0.3) is 5.91 Å². The van der Waals surface area contributed by atoms with Crippen molar-refractivity contribution in [2.75, 3.05) is 13.2 Å². The number of nitrogens with zero attached hydrogens (tertiary/aromatic N) is 1. The molecule has 0 radical (unpaired) electrons. The SMILES string of the molecule is CCN(Cc1ccccc1)C(=O)COc1cc(C)ccc1Cl. The van der Waals surface area contributed by atoms with Crippen LogP contribution in [0.15, 0.2) is 48.5 Å². The topological polar surface area (TPSA) is 29.5 Å². The summed E-state index contributed by atoms with van der Waals surface area (Å²) in [6.45, 7) is 5.13. The first-order valence-electron chi connectivity index (χ1n) is 7.30. The minimum absolute atomic E-state index is 0.0101. The molecule has 22 heavy (non-hydrogen) atoms. The summed E-state index contributed by atoms with van der Waals surface area (Å²) in [4.78, 5) is 14.1. The molecule has 0 bridgehead atoms. The van der Waals surface area contributed by atoms with E-state index < -0.39 is 0 Å². The third-order valence-corrected chi connectivity index (χ3v) is 3.70. The molecule has 0 N–H and O–H groups in total. The Bertz CT molecular complexity index is 628. The molecular weight excluding hydrogens is 298 g/mol. The number of ether oxygens (including phenoxy) is 1. The zero-order valence-corrected chi connectivity index (χ0v) is 13.6. The van der Waals surface area contributed by atoms with Gasteiger partial charge in [-0.1, -0.05) is 48.0 Å². The Kier molecular flexibility index (Phi) is 5.84. The molecule has 0 atom stereocenters. The van der Waals surface area contributed by atoms with Crippen molar-refractivity contribution in [3.05, 3.63) is 64.7 Å². The van der Waals surface area contributed by atoms with Crippen LogP contribution in [0, 0.1) is 6.92 Å². The normalized spacial score (nSPS) is 10.3. The summed E-state index contributed by atoms with van der Waals surface area (Å²) in [6.07, 6.45) is 0. The molecule has 3 nitrogen and oxygen atoms in total. The standard InChI is InChI=1S/C18H20ClNO2/c1-3-20(12-15-7-5-4-6-8-15)18(21)13-22-17-11-14(2)9-10-16(17)19/h4-11H,3,12-13H2,1-2H3. The van der Waals surface area contributed by atoms with Crippen LogP contribution in [0.1, 0.15) is 18.1 Å². The van der Waals surface area contributed by atoms with Gasteiger partial charge in [-0.15, -0.1) is 0 Å². The van der Waals surface area contributed by atoms with Gasteiger partial charge in [-0.2, -0.15) is 0 Å². The van der Waals surface area contributed by atoms with Gasteiger partial charge in [0.15, 0.2) is 6.61 Å². The van der Waals surface area contributed by atoms with Crippen LogP contribution in [0.5, 0.6) is 5.75 Å². The highest BCUT2D eigenvalue weighted by atomic mass is 35.5. The number of hydrogen-bond acceptors (Lipinski definition) is 2. The summed E-state index contributed by atoms with van der Waals surface area (Å²) in [5.41, 5.74) is 2.15. The van der Waals surface area contributed by atoms with Crippen LogP contribution in [0.3, 0.4) is 0 Å². The molecule has 0 aliphatic rings. The third kappa shape index (κ3) is 4.50. The van der Waals surface area contributed by atoms with Crippen LogP contribution in [-0.2, 0) is 11.3 Å². The number of benzene rings is 2. The highest BCUT2D eigenvalue weighted by Gasteiger charge is 2.13. The molecule has 0 aliphatic carbocycles. The van der Waals surface area contributed by atoms with Crippen LogP contribution in [-0.4, -0.2) is 24.0 Å². The fourth-order valence-electron chi connectivity index (χ4n) is 2.13. The Morgan fingerprint density at radius 3 is 2.59 bits per heavy atom. The van der Waals surface area contributed by atoms with Gasteiger partial charge in [-0.25, -0.2) is 0 Å². The maximum atomic E-state index is 12.3. The molecule has 4 heteroatoms. The van der Waals surface area contributed by atoms with Gasteiger partial charge in [-0.3, -0.25) is 4.79 Å². The second-order valence-corrected chi connectivity index (χ2v) is 5.52. The molecule has 0 unspecified atom stereocenters. The molecule has 0 aromatic heterocycles. The van der Waals surface area contributed by atoms with Crippen molar-refractivity contribution in [2.45, 2.75) is 20.4 Å². The van der Waals surface area contributed by atoms with Crippen molar-refractivity contribution in [1.29, 1.82) is 0 Å². The molecule has 0 aliphatic heterocycles. The van der Waals surface area contributed by atoms with Gasteiger partial charge in [0.1, 0.15) is 5.75 Å². The van der Waals surface area contributed by atoms with Gasteiger partial charge in [0, 0.05) is 13.1 Å². The van der Waals surface area contributed by atoms with Crippen LogP contribution < -0.4 is 4.74 Å². The summed E-state index contributed by atoms with van der Waals surface area (Å²) >= 11 is 6.07. The predicted octanol–water partition coefficient (Wildman–Crippen LogP) is 4.08. The van der Waals surface area contributed by atoms with Crippen molar-refractivity contribution < 1.29 is 9.53 Å². The molecule has 0 spiro atoms. The van der Waals surface area contributed by atoms with Crippen LogP contribution in [0.25, 0.3) is 0 Å². The van der Waals surface area contributed by atoms with Crippen molar-refractivity contribution in [1.82, 2.24) is 4.90 Å². The van der Waals surface area contributed by atoms with E-state index in [0.29, 0.717) is 23.9 Å².